The smallest absolute Gasteiger partial charge is 0.267 e. The summed E-state index contributed by atoms with van der Waals surface area (Å²) in [5, 5.41) is 17.6. The molecular formula is C25H23N9O2. The molecule has 0 spiro atoms. The van der Waals surface area contributed by atoms with Crippen LogP contribution in [0.25, 0.3) is 22.4 Å². The molecule has 0 aliphatic rings. The van der Waals surface area contributed by atoms with E-state index in [1.807, 2.05) is 37.3 Å². The van der Waals surface area contributed by atoms with Crippen LogP contribution in [-0.2, 0) is 13.6 Å². The first kappa shape index (κ1) is 22.8. The van der Waals surface area contributed by atoms with Crippen molar-refractivity contribution in [3.05, 3.63) is 88.7 Å². The van der Waals surface area contributed by atoms with Crippen LogP contribution in [-0.4, -0.2) is 46.8 Å². The summed E-state index contributed by atoms with van der Waals surface area (Å²) in [7, 11) is 1.77. The third-order valence-electron chi connectivity index (χ3n) is 5.66. The predicted octanol–water partition coefficient (Wildman–Crippen LogP) is 2.36. The highest BCUT2D eigenvalue weighted by Crippen LogP contribution is 2.21. The summed E-state index contributed by atoms with van der Waals surface area (Å²) < 4.78 is 1.63. The van der Waals surface area contributed by atoms with E-state index in [9.17, 15) is 9.59 Å². The second kappa shape index (κ2) is 9.37. The molecule has 0 radical (unpaired) electrons. The molecule has 2 aromatic carbocycles. The van der Waals surface area contributed by atoms with Gasteiger partial charge in [0.25, 0.3) is 11.8 Å². The van der Waals surface area contributed by atoms with Crippen molar-refractivity contribution < 1.29 is 9.59 Å². The van der Waals surface area contributed by atoms with Crippen molar-refractivity contribution in [2.75, 3.05) is 0 Å². The number of fused-ring (bicyclic) bond motifs is 1. The molecular weight excluding hydrogens is 458 g/mol. The number of nitrogens with zero attached hydrogens (tertiary/aromatic N) is 7. The van der Waals surface area contributed by atoms with Gasteiger partial charge < -0.3 is 0 Å². The maximum Gasteiger partial charge on any atom is 0.270 e. The zero-order chi connectivity index (χ0) is 25.2. The second-order valence-corrected chi connectivity index (χ2v) is 8.33. The standard InChI is InChI=1S/C25H23N9O2/c1-15-13-20(21-16(2)30-33(3)23(21)26-15)25(36)29-28-24(35)19-11-9-17(10-12-19)14-34-31-22(27-32-34)18-7-5-4-6-8-18/h4-13H,14H2,1-3H3,(H,28,35)(H,29,36). The minimum Gasteiger partial charge on any atom is -0.267 e. The molecule has 0 atom stereocenters. The summed E-state index contributed by atoms with van der Waals surface area (Å²) in [6.45, 7) is 4.02. The van der Waals surface area contributed by atoms with Crippen LogP contribution >= 0.6 is 0 Å². The van der Waals surface area contributed by atoms with E-state index in [-0.39, 0.29) is 0 Å². The van der Waals surface area contributed by atoms with E-state index < -0.39 is 11.8 Å². The monoisotopic (exact) mass is 481 g/mol. The Morgan fingerprint density at radius 2 is 1.64 bits per heavy atom. The third kappa shape index (κ3) is 4.53. The molecule has 11 nitrogen and oxygen atoms in total. The van der Waals surface area contributed by atoms with E-state index in [0.29, 0.717) is 45.9 Å². The first-order valence-electron chi connectivity index (χ1n) is 11.2. The Labute approximate surface area is 206 Å². The molecule has 0 aliphatic heterocycles. The van der Waals surface area contributed by atoms with Gasteiger partial charge >= 0.3 is 0 Å². The van der Waals surface area contributed by atoms with Gasteiger partial charge in [-0.1, -0.05) is 42.5 Å². The Hall–Kier alpha value is -4.93. The van der Waals surface area contributed by atoms with Crippen molar-refractivity contribution in [1.82, 2.24) is 45.8 Å². The van der Waals surface area contributed by atoms with Gasteiger partial charge in [0.1, 0.15) is 0 Å². The second-order valence-electron chi connectivity index (χ2n) is 8.33. The highest BCUT2D eigenvalue weighted by atomic mass is 16.2. The summed E-state index contributed by atoms with van der Waals surface area (Å²) in [6, 6.07) is 18.2. The highest BCUT2D eigenvalue weighted by molar-refractivity contribution is 6.07. The van der Waals surface area contributed by atoms with E-state index in [1.165, 1.54) is 4.80 Å². The molecule has 2 amide bonds. The number of pyridine rings is 1. The van der Waals surface area contributed by atoms with Crippen LogP contribution in [0.4, 0.5) is 0 Å². The fourth-order valence-electron chi connectivity index (χ4n) is 3.94. The first-order valence-corrected chi connectivity index (χ1v) is 11.2. The minimum atomic E-state index is -0.446. The van der Waals surface area contributed by atoms with Crippen molar-refractivity contribution in [3.63, 3.8) is 0 Å². The van der Waals surface area contributed by atoms with Gasteiger partial charge in [0.05, 0.1) is 23.2 Å². The van der Waals surface area contributed by atoms with Gasteiger partial charge in [-0.2, -0.15) is 9.90 Å². The molecule has 0 unspecified atom stereocenters. The van der Waals surface area contributed by atoms with Gasteiger partial charge in [-0.3, -0.25) is 25.1 Å². The molecule has 11 heteroatoms. The van der Waals surface area contributed by atoms with Gasteiger partial charge in [0.2, 0.25) is 5.82 Å². The number of aryl methyl sites for hydroxylation is 3. The van der Waals surface area contributed by atoms with Gasteiger partial charge in [-0.15, -0.1) is 10.2 Å². The normalized spacial score (nSPS) is 11.0. The Bertz CT molecular complexity index is 1570. The maximum absolute atomic E-state index is 12.9. The molecule has 5 rings (SSSR count). The van der Waals surface area contributed by atoms with Crippen molar-refractivity contribution in [3.8, 4) is 11.4 Å². The first-order chi connectivity index (χ1) is 17.4. The van der Waals surface area contributed by atoms with E-state index in [1.54, 1.807) is 49.0 Å². The van der Waals surface area contributed by atoms with Gasteiger partial charge in [-0.05, 0) is 42.8 Å². The number of aromatic nitrogens is 7. The van der Waals surface area contributed by atoms with Crippen LogP contribution in [0.1, 0.15) is 37.7 Å². The van der Waals surface area contributed by atoms with Crippen LogP contribution in [0, 0.1) is 13.8 Å². The molecule has 2 N–H and O–H groups in total. The summed E-state index contributed by atoms with van der Waals surface area (Å²) in [4.78, 5) is 31.4. The average Bonchev–Trinajstić information content (AvgIpc) is 3.46. The van der Waals surface area contributed by atoms with Crippen molar-refractivity contribution in [2.45, 2.75) is 20.4 Å². The Balaban J connectivity index is 1.23. The van der Waals surface area contributed by atoms with Gasteiger partial charge in [0, 0.05) is 23.9 Å². The minimum absolute atomic E-state index is 0.393. The SMILES string of the molecule is Cc1cc(C(=O)NNC(=O)c2ccc(Cn3nnc(-c4ccccc4)n3)cc2)c2c(C)nn(C)c2n1. The predicted molar refractivity (Wildman–Crippen MR) is 132 cm³/mol. The van der Waals surface area contributed by atoms with E-state index in [4.69, 9.17) is 0 Å². The van der Waals surface area contributed by atoms with Crippen molar-refractivity contribution in [2.24, 2.45) is 7.05 Å². The zero-order valence-corrected chi connectivity index (χ0v) is 19.9. The van der Waals surface area contributed by atoms with Crippen molar-refractivity contribution in [1.29, 1.82) is 0 Å². The molecule has 3 heterocycles. The fraction of sp³-hybridized carbons (Fsp3) is 0.160. The molecule has 0 saturated carbocycles. The maximum atomic E-state index is 12.9. The zero-order valence-electron chi connectivity index (χ0n) is 19.9. The highest BCUT2D eigenvalue weighted by Gasteiger charge is 2.18. The summed E-state index contributed by atoms with van der Waals surface area (Å²) in [5.41, 5.74) is 9.51. The summed E-state index contributed by atoms with van der Waals surface area (Å²) in [5.74, 6) is -0.339. The van der Waals surface area contributed by atoms with E-state index in [0.717, 1.165) is 11.1 Å². The third-order valence-corrected chi connectivity index (χ3v) is 5.66. The van der Waals surface area contributed by atoms with Gasteiger partial charge in [-0.25, -0.2) is 4.98 Å². The number of amides is 2. The number of carbonyl (C=O) groups is 2. The van der Waals surface area contributed by atoms with Crippen LogP contribution in [0.3, 0.4) is 0 Å². The molecule has 5 aromatic rings. The largest absolute Gasteiger partial charge is 0.270 e. The van der Waals surface area contributed by atoms with Crippen LogP contribution in [0.2, 0.25) is 0 Å². The Morgan fingerprint density at radius 1 is 0.917 bits per heavy atom. The molecule has 0 aliphatic carbocycles. The van der Waals surface area contributed by atoms with E-state index >= 15 is 0 Å². The number of nitrogens with one attached hydrogen (secondary N) is 2. The lowest BCUT2D eigenvalue weighted by Gasteiger charge is -2.10. The lowest BCUT2D eigenvalue weighted by atomic mass is 10.1. The Kier molecular flexibility index (Phi) is 5.95. The number of hydrazine groups is 1. The number of benzene rings is 2. The number of rotatable bonds is 5. The summed E-state index contributed by atoms with van der Waals surface area (Å²) in [6.07, 6.45) is 0. The molecule has 36 heavy (non-hydrogen) atoms. The van der Waals surface area contributed by atoms with Gasteiger partial charge in [0.15, 0.2) is 5.65 Å². The summed E-state index contributed by atoms with van der Waals surface area (Å²) >= 11 is 0. The van der Waals surface area contributed by atoms with Crippen molar-refractivity contribution >= 4 is 22.8 Å². The topological polar surface area (TPSA) is 133 Å². The van der Waals surface area contributed by atoms with Crippen LogP contribution < -0.4 is 10.9 Å². The molecule has 3 aromatic heterocycles. The molecule has 180 valence electrons. The molecule has 0 saturated heterocycles. The number of carbonyl (C=O) groups excluding carboxylic acids is 2. The number of hydrogen-bond acceptors (Lipinski definition) is 7. The van der Waals surface area contributed by atoms with Crippen LogP contribution in [0.15, 0.2) is 60.7 Å². The molecule has 0 fully saturated rings. The van der Waals surface area contributed by atoms with Crippen LogP contribution in [0.5, 0.6) is 0 Å². The lowest BCUT2D eigenvalue weighted by Crippen LogP contribution is -2.41. The molecule has 0 bridgehead atoms. The quantitative estimate of drug-likeness (QED) is 0.368. The lowest BCUT2D eigenvalue weighted by molar-refractivity contribution is 0.0847. The fourth-order valence-corrected chi connectivity index (χ4v) is 3.94. The number of tetrazole rings is 1. The average molecular weight is 482 g/mol. The van der Waals surface area contributed by atoms with E-state index in [2.05, 4.69) is 36.3 Å². The Morgan fingerprint density at radius 3 is 2.39 bits per heavy atom. The number of hydrogen-bond donors (Lipinski definition) is 2.